The Morgan fingerprint density at radius 2 is 1.60 bits per heavy atom. The second-order valence-corrected chi connectivity index (χ2v) is 10.4. The molecule has 0 aromatic carbocycles. The third-order valence-electron chi connectivity index (χ3n) is 3.61. The molecule has 25 heavy (non-hydrogen) atoms. The van der Waals surface area contributed by atoms with Gasteiger partial charge in [0.15, 0.2) is 0 Å². The van der Waals surface area contributed by atoms with Crippen LogP contribution >= 0.6 is 0 Å². The van der Waals surface area contributed by atoms with E-state index in [0.717, 1.165) is 0 Å². The summed E-state index contributed by atoms with van der Waals surface area (Å²) >= 11 is 0. The van der Waals surface area contributed by atoms with Crippen molar-refractivity contribution in [3.8, 4) is 0 Å². The minimum Gasteiger partial charge on any atom is -0.460 e. The van der Waals surface area contributed by atoms with Gasteiger partial charge >= 0.3 is 12.1 Å². The third kappa shape index (κ3) is 9.03. The van der Waals surface area contributed by atoms with Gasteiger partial charge in [0, 0.05) is 0 Å². The molecule has 4 nitrogen and oxygen atoms in total. The molecule has 0 aliphatic heterocycles. The van der Waals surface area contributed by atoms with E-state index in [-0.39, 0.29) is 12.3 Å². The fraction of sp³-hybridized carbons (Fsp3) is 0.941. The second-order valence-electron chi connectivity index (χ2n) is 8.41. The number of carbonyl (C=O) groups excluding carboxylic acids is 1. The van der Waals surface area contributed by atoms with Crippen LogP contribution in [-0.4, -0.2) is 32.7 Å². The predicted molar refractivity (Wildman–Crippen MR) is 94.3 cm³/mol. The van der Waals surface area contributed by atoms with Crippen LogP contribution in [0.3, 0.4) is 0 Å². The Bertz CT molecular complexity index is 467. The SMILES string of the molecule is CCC(C)C[C@H](C(=O)OC(C)(C)C)[C@H](N[S@@](=O)C(C)(C)C)C(F)(F)F. The van der Waals surface area contributed by atoms with Crippen LogP contribution < -0.4 is 4.72 Å². The summed E-state index contributed by atoms with van der Waals surface area (Å²) in [5.41, 5.74) is -0.899. The van der Waals surface area contributed by atoms with Crippen LogP contribution in [0, 0.1) is 11.8 Å². The number of rotatable bonds is 7. The summed E-state index contributed by atoms with van der Waals surface area (Å²) in [5, 5.41) is 0. The summed E-state index contributed by atoms with van der Waals surface area (Å²) in [6.45, 7) is 13.2. The van der Waals surface area contributed by atoms with Crippen molar-refractivity contribution in [2.45, 2.75) is 90.8 Å². The van der Waals surface area contributed by atoms with Crippen LogP contribution in [0.4, 0.5) is 13.2 Å². The molecule has 1 N–H and O–H groups in total. The minimum absolute atomic E-state index is 0.00390. The Balaban J connectivity index is 5.75. The van der Waals surface area contributed by atoms with E-state index >= 15 is 0 Å². The van der Waals surface area contributed by atoms with Gasteiger partial charge in [-0.05, 0) is 53.9 Å². The second kappa shape index (κ2) is 8.84. The maximum absolute atomic E-state index is 13.7. The molecule has 0 heterocycles. The average Bonchev–Trinajstić information content (AvgIpc) is 2.37. The number of hydrogen-bond acceptors (Lipinski definition) is 3. The van der Waals surface area contributed by atoms with Crippen LogP contribution in [0.25, 0.3) is 0 Å². The normalized spacial score (nSPS) is 18.4. The smallest absolute Gasteiger partial charge is 0.405 e. The van der Waals surface area contributed by atoms with Gasteiger partial charge in [0.25, 0.3) is 0 Å². The number of nitrogens with one attached hydrogen (secondary N) is 1. The molecule has 1 unspecified atom stereocenters. The fourth-order valence-corrected chi connectivity index (χ4v) is 2.90. The zero-order valence-corrected chi connectivity index (χ0v) is 17.2. The van der Waals surface area contributed by atoms with Crippen LogP contribution in [0.5, 0.6) is 0 Å². The van der Waals surface area contributed by atoms with Crippen LogP contribution in [0.15, 0.2) is 0 Å². The molecular weight excluding hydrogens is 355 g/mol. The van der Waals surface area contributed by atoms with Crippen LogP contribution in [0.1, 0.15) is 68.2 Å². The first kappa shape index (κ1) is 24.4. The maximum atomic E-state index is 13.7. The van der Waals surface area contributed by atoms with Crippen molar-refractivity contribution in [3.63, 3.8) is 0 Å². The Hall–Kier alpha value is -0.630. The molecule has 0 radical (unpaired) electrons. The zero-order chi connectivity index (χ0) is 20.2. The monoisotopic (exact) mass is 387 g/mol. The first-order chi connectivity index (χ1) is 11.0. The van der Waals surface area contributed by atoms with Gasteiger partial charge in [-0.3, -0.25) is 4.79 Å². The third-order valence-corrected chi connectivity index (χ3v) is 5.19. The van der Waals surface area contributed by atoms with E-state index in [1.165, 1.54) is 0 Å². The van der Waals surface area contributed by atoms with Crippen molar-refractivity contribution >= 4 is 17.0 Å². The Kier molecular flexibility index (Phi) is 8.62. The molecule has 0 rings (SSSR count). The van der Waals surface area contributed by atoms with E-state index in [4.69, 9.17) is 4.74 Å². The molecule has 0 spiro atoms. The highest BCUT2D eigenvalue weighted by molar-refractivity contribution is 7.84. The number of hydrogen-bond donors (Lipinski definition) is 1. The van der Waals surface area contributed by atoms with Gasteiger partial charge in [-0.1, -0.05) is 20.3 Å². The molecule has 0 bridgehead atoms. The van der Waals surface area contributed by atoms with Gasteiger partial charge in [-0.2, -0.15) is 13.2 Å². The number of ether oxygens (including phenoxy) is 1. The maximum Gasteiger partial charge on any atom is 0.405 e. The molecule has 4 atom stereocenters. The highest BCUT2D eigenvalue weighted by atomic mass is 32.2. The van der Waals surface area contributed by atoms with Gasteiger partial charge in [0.1, 0.15) is 11.6 Å². The Morgan fingerprint density at radius 3 is 1.92 bits per heavy atom. The molecule has 0 aliphatic carbocycles. The molecule has 0 saturated heterocycles. The first-order valence-electron chi connectivity index (χ1n) is 8.46. The van der Waals surface area contributed by atoms with Gasteiger partial charge in [0.05, 0.1) is 21.7 Å². The summed E-state index contributed by atoms with van der Waals surface area (Å²) < 4.78 is 59.7. The number of alkyl halides is 3. The molecular formula is C17H32F3NO3S. The number of esters is 1. The predicted octanol–water partition coefficient (Wildman–Crippen LogP) is 4.36. The van der Waals surface area contributed by atoms with Crippen molar-refractivity contribution < 1.29 is 26.9 Å². The molecule has 0 aromatic rings. The first-order valence-corrected chi connectivity index (χ1v) is 9.61. The highest BCUT2D eigenvalue weighted by Gasteiger charge is 2.50. The van der Waals surface area contributed by atoms with Gasteiger partial charge in [-0.25, -0.2) is 8.93 Å². The standard InChI is InChI=1S/C17H32F3NO3S/c1-9-11(2)10-12(14(22)24-15(3,4)5)13(17(18,19)20)21-25(23)16(6,7)8/h11-13,21H,9-10H2,1-8H3/t11?,12-,13-,25-/m0/s1. The average molecular weight is 388 g/mol. The fourth-order valence-electron chi connectivity index (χ4n) is 2.02. The summed E-state index contributed by atoms with van der Waals surface area (Å²) in [7, 11) is -1.97. The van der Waals surface area contributed by atoms with E-state index in [1.807, 2.05) is 6.92 Å². The zero-order valence-electron chi connectivity index (χ0n) is 16.4. The molecule has 0 fully saturated rings. The van der Waals surface area contributed by atoms with E-state index in [0.29, 0.717) is 6.42 Å². The lowest BCUT2D eigenvalue weighted by Gasteiger charge is -2.33. The van der Waals surface area contributed by atoms with E-state index in [2.05, 4.69) is 4.72 Å². The number of halogens is 3. The van der Waals surface area contributed by atoms with E-state index in [9.17, 15) is 22.2 Å². The topological polar surface area (TPSA) is 55.4 Å². The molecule has 0 saturated carbocycles. The van der Waals surface area contributed by atoms with E-state index in [1.54, 1.807) is 48.5 Å². The lowest BCUT2D eigenvalue weighted by atomic mass is 9.88. The van der Waals surface area contributed by atoms with E-state index < -0.39 is 45.4 Å². The lowest BCUT2D eigenvalue weighted by molar-refractivity contribution is -0.186. The quantitative estimate of drug-likeness (QED) is 0.660. The van der Waals surface area contributed by atoms with Crippen molar-refractivity contribution in [2.75, 3.05) is 0 Å². The van der Waals surface area contributed by atoms with Crippen LogP contribution in [0.2, 0.25) is 0 Å². The van der Waals surface area contributed by atoms with Gasteiger partial charge in [0.2, 0.25) is 0 Å². The summed E-state index contributed by atoms with van der Waals surface area (Å²) in [4.78, 5) is 12.5. The van der Waals surface area contributed by atoms with Crippen molar-refractivity contribution in [3.05, 3.63) is 0 Å². The van der Waals surface area contributed by atoms with Gasteiger partial charge < -0.3 is 4.74 Å². The molecule has 0 aliphatic rings. The summed E-state index contributed by atoms with van der Waals surface area (Å²) in [5.74, 6) is -2.48. The number of carbonyl (C=O) groups is 1. The molecule has 0 aromatic heterocycles. The molecule has 8 heteroatoms. The van der Waals surface area contributed by atoms with Crippen molar-refractivity contribution in [1.29, 1.82) is 0 Å². The largest absolute Gasteiger partial charge is 0.460 e. The summed E-state index contributed by atoms with van der Waals surface area (Å²) in [6, 6.07) is -2.23. The van der Waals surface area contributed by atoms with Gasteiger partial charge in [-0.15, -0.1) is 0 Å². The lowest BCUT2D eigenvalue weighted by Crippen LogP contribution is -2.54. The van der Waals surface area contributed by atoms with Crippen molar-refractivity contribution in [2.24, 2.45) is 11.8 Å². The Morgan fingerprint density at radius 1 is 1.12 bits per heavy atom. The molecule has 0 amide bonds. The van der Waals surface area contributed by atoms with Crippen LogP contribution in [-0.2, 0) is 20.5 Å². The highest BCUT2D eigenvalue weighted by Crippen LogP contribution is 2.33. The minimum atomic E-state index is -4.73. The Labute approximate surface area is 151 Å². The van der Waals surface area contributed by atoms with Crippen molar-refractivity contribution in [1.82, 2.24) is 4.72 Å². The molecule has 150 valence electrons. The summed E-state index contributed by atoms with van der Waals surface area (Å²) in [6.07, 6.45) is -4.09.